The lowest BCUT2D eigenvalue weighted by Gasteiger charge is -2.09. The van der Waals surface area contributed by atoms with Gasteiger partial charge >= 0.3 is 0 Å². The monoisotopic (exact) mass is 348 g/mol. The van der Waals surface area contributed by atoms with Crippen molar-refractivity contribution in [3.63, 3.8) is 0 Å². The van der Waals surface area contributed by atoms with Crippen molar-refractivity contribution in [2.24, 2.45) is 0 Å². The van der Waals surface area contributed by atoms with Crippen LogP contribution in [0.5, 0.6) is 0 Å². The summed E-state index contributed by atoms with van der Waals surface area (Å²) in [5.74, 6) is 0.670. The van der Waals surface area contributed by atoms with Crippen LogP contribution < -0.4 is 0 Å². The largest absolute Gasteiger partial charge is 0.293 e. The number of halogens is 1. The Balaban J connectivity index is 2.09. The van der Waals surface area contributed by atoms with E-state index in [9.17, 15) is 4.79 Å². The number of benzene rings is 2. The third kappa shape index (κ3) is 3.74. The van der Waals surface area contributed by atoms with Crippen molar-refractivity contribution in [1.29, 1.82) is 0 Å². The van der Waals surface area contributed by atoms with E-state index in [-0.39, 0.29) is 5.78 Å². The second-order valence-electron chi connectivity index (χ2n) is 4.92. The van der Waals surface area contributed by atoms with E-state index in [0.717, 1.165) is 20.5 Å². The van der Waals surface area contributed by atoms with E-state index in [1.54, 1.807) is 11.8 Å². The molecule has 2 aromatic carbocycles. The van der Waals surface area contributed by atoms with Crippen LogP contribution in [0, 0.1) is 20.8 Å². The van der Waals surface area contributed by atoms with Gasteiger partial charge < -0.3 is 0 Å². The van der Waals surface area contributed by atoms with Gasteiger partial charge in [-0.3, -0.25) is 4.79 Å². The van der Waals surface area contributed by atoms with Gasteiger partial charge in [-0.15, -0.1) is 11.8 Å². The number of carbonyl (C=O) groups excluding carboxylic acids is 1. The van der Waals surface area contributed by atoms with Crippen LogP contribution >= 0.6 is 27.7 Å². The van der Waals surface area contributed by atoms with Crippen LogP contribution in [0.1, 0.15) is 27.0 Å². The van der Waals surface area contributed by atoms with Gasteiger partial charge in [0.1, 0.15) is 0 Å². The number of hydrogen-bond donors (Lipinski definition) is 0. The van der Waals surface area contributed by atoms with Crippen LogP contribution in [0.25, 0.3) is 0 Å². The molecule has 0 amide bonds. The van der Waals surface area contributed by atoms with Crippen molar-refractivity contribution >= 4 is 33.5 Å². The van der Waals surface area contributed by atoms with Gasteiger partial charge in [0.15, 0.2) is 5.78 Å². The minimum Gasteiger partial charge on any atom is -0.293 e. The molecule has 104 valence electrons. The molecule has 0 atom stereocenters. The number of ketones is 1. The van der Waals surface area contributed by atoms with Crippen LogP contribution in [0.15, 0.2) is 45.8 Å². The zero-order valence-corrected chi connectivity index (χ0v) is 14.3. The molecule has 0 heterocycles. The van der Waals surface area contributed by atoms with E-state index in [0.29, 0.717) is 5.75 Å². The van der Waals surface area contributed by atoms with Gasteiger partial charge in [-0.1, -0.05) is 22.0 Å². The zero-order chi connectivity index (χ0) is 14.7. The van der Waals surface area contributed by atoms with Crippen LogP contribution in [-0.2, 0) is 0 Å². The lowest BCUT2D eigenvalue weighted by atomic mass is 9.99. The van der Waals surface area contributed by atoms with E-state index in [2.05, 4.69) is 28.9 Å². The number of carbonyl (C=O) groups is 1. The Bertz CT molecular complexity index is 632. The van der Waals surface area contributed by atoms with Crippen molar-refractivity contribution in [2.75, 3.05) is 5.75 Å². The SMILES string of the molecule is Cc1cc(C)c(C(=O)CSc2ccc(Br)cc2)cc1C. The van der Waals surface area contributed by atoms with E-state index >= 15 is 0 Å². The average molecular weight is 349 g/mol. The number of hydrogen-bond acceptors (Lipinski definition) is 2. The summed E-state index contributed by atoms with van der Waals surface area (Å²) in [7, 11) is 0. The van der Waals surface area contributed by atoms with Crippen molar-refractivity contribution in [3.05, 3.63) is 63.1 Å². The fourth-order valence-corrected chi connectivity index (χ4v) is 3.06. The topological polar surface area (TPSA) is 17.1 Å². The predicted octanol–water partition coefficient (Wildman–Crippen LogP) is 5.35. The number of aryl methyl sites for hydroxylation is 3. The van der Waals surface area contributed by atoms with Crippen molar-refractivity contribution in [2.45, 2.75) is 25.7 Å². The molecule has 0 fully saturated rings. The molecule has 3 heteroatoms. The van der Waals surface area contributed by atoms with E-state index in [4.69, 9.17) is 0 Å². The molecule has 2 rings (SSSR count). The Labute approximate surface area is 132 Å². The molecule has 2 aromatic rings. The molecule has 0 aliphatic heterocycles. The van der Waals surface area contributed by atoms with Gasteiger partial charge in [-0.2, -0.15) is 0 Å². The summed E-state index contributed by atoms with van der Waals surface area (Å²) in [6.07, 6.45) is 0. The zero-order valence-electron chi connectivity index (χ0n) is 11.9. The average Bonchev–Trinajstić information content (AvgIpc) is 2.42. The smallest absolute Gasteiger partial charge is 0.173 e. The molecule has 0 saturated carbocycles. The summed E-state index contributed by atoms with van der Waals surface area (Å²) < 4.78 is 1.05. The van der Waals surface area contributed by atoms with E-state index in [1.807, 2.05) is 44.2 Å². The molecule has 0 aliphatic carbocycles. The maximum Gasteiger partial charge on any atom is 0.173 e. The van der Waals surface area contributed by atoms with Gasteiger partial charge in [-0.25, -0.2) is 0 Å². The van der Waals surface area contributed by atoms with Gasteiger partial charge in [-0.05, 0) is 67.8 Å². The van der Waals surface area contributed by atoms with Gasteiger partial charge in [0.2, 0.25) is 0 Å². The molecular formula is C17H17BrOS. The first-order valence-electron chi connectivity index (χ1n) is 6.47. The molecule has 0 saturated heterocycles. The van der Waals surface area contributed by atoms with E-state index in [1.165, 1.54) is 11.1 Å². The lowest BCUT2D eigenvalue weighted by molar-refractivity contribution is 0.102. The first kappa shape index (κ1) is 15.3. The summed E-state index contributed by atoms with van der Waals surface area (Å²) >= 11 is 4.99. The second kappa shape index (κ2) is 6.59. The fraction of sp³-hybridized carbons (Fsp3) is 0.235. The molecule has 0 aliphatic rings. The normalized spacial score (nSPS) is 10.6. The molecule has 0 bridgehead atoms. The first-order valence-corrected chi connectivity index (χ1v) is 8.24. The lowest BCUT2D eigenvalue weighted by Crippen LogP contribution is -2.06. The molecular weight excluding hydrogens is 332 g/mol. The highest BCUT2D eigenvalue weighted by Crippen LogP contribution is 2.23. The molecule has 0 aromatic heterocycles. The molecule has 0 radical (unpaired) electrons. The summed E-state index contributed by atoms with van der Waals surface area (Å²) in [6, 6.07) is 12.1. The summed E-state index contributed by atoms with van der Waals surface area (Å²) in [6.45, 7) is 6.13. The molecule has 20 heavy (non-hydrogen) atoms. The Hall–Kier alpha value is -1.06. The molecule has 1 nitrogen and oxygen atoms in total. The maximum absolute atomic E-state index is 12.3. The van der Waals surface area contributed by atoms with Gasteiger partial charge in [0.05, 0.1) is 5.75 Å². The third-order valence-corrected chi connectivity index (χ3v) is 4.87. The minimum atomic E-state index is 0.193. The van der Waals surface area contributed by atoms with E-state index < -0.39 is 0 Å². The van der Waals surface area contributed by atoms with Crippen LogP contribution in [0.4, 0.5) is 0 Å². The Morgan fingerprint density at radius 2 is 1.60 bits per heavy atom. The van der Waals surface area contributed by atoms with Crippen molar-refractivity contribution < 1.29 is 4.79 Å². The summed E-state index contributed by atoms with van der Waals surface area (Å²) in [5, 5.41) is 0. The number of rotatable bonds is 4. The van der Waals surface area contributed by atoms with Crippen molar-refractivity contribution in [1.82, 2.24) is 0 Å². The Morgan fingerprint density at radius 3 is 2.25 bits per heavy atom. The fourth-order valence-electron chi connectivity index (χ4n) is 2.02. The van der Waals surface area contributed by atoms with Crippen LogP contribution in [0.2, 0.25) is 0 Å². The number of thioether (sulfide) groups is 1. The van der Waals surface area contributed by atoms with Crippen LogP contribution in [0.3, 0.4) is 0 Å². The third-order valence-electron chi connectivity index (χ3n) is 3.32. The van der Waals surface area contributed by atoms with Gasteiger partial charge in [0.25, 0.3) is 0 Å². The first-order chi connectivity index (χ1) is 9.47. The predicted molar refractivity (Wildman–Crippen MR) is 89.8 cm³/mol. The Morgan fingerprint density at radius 1 is 1.00 bits per heavy atom. The second-order valence-corrected chi connectivity index (χ2v) is 6.88. The minimum absolute atomic E-state index is 0.193. The molecule has 0 unspecified atom stereocenters. The standard InChI is InChI=1S/C17H17BrOS/c1-11-8-13(3)16(9-12(11)2)17(19)10-20-15-6-4-14(18)5-7-15/h4-9H,10H2,1-3H3. The molecule has 0 N–H and O–H groups in total. The van der Waals surface area contributed by atoms with Gasteiger partial charge in [0, 0.05) is 14.9 Å². The number of Topliss-reactive ketones (excluding diaryl/α,β-unsaturated/α-hetero) is 1. The highest BCUT2D eigenvalue weighted by Gasteiger charge is 2.11. The highest BCUT2D eigenvalue weighted by molar-refractivity contribution is 9.10. The summed E-state index contributed by atoms with van der Waals surface area (Å²) in [4.78, 5) is 13.5. The quantitative estimate of drug-likeness (QED) is 0.547. The Kier molecular flexibility index (Phi) is 5.06. The summed E-state index contributed by atoms with van der Waals surface area (Å²) in [5.41, 5.74) is 4.32. The van der Waals surface area contributed by atoms with Crippen molar-refractivity contribution in [3.8, 4) is 0 Å². The van der Waals surface area contributed by atoms with Crippen LogP contribution in [-0.4, -0.2) is 11.5 Å². The molecule has 0 spiro atoms. The highest BCUT2D eigenvalue weighted by atomic mass is 79.9. The maximum atomic E-state index is 12.3.